The average Bonchev–Trinajstić information content (AvgIpc) is 3.03. The molecular weight excluding hydrogens is 322 g/mol. The Balaban J connectivity index is 2.14. The van der Waals surface area contributed by atoms with Crippen LogP contribution in [0.5, 0.6) is 0 Å². The summed E-state index contributed by atoms with van der Waals surface area (Å²) in [5.74, 6) is 0.108. The van der Waals surface area contributed by atoms with Gasteiger partial charge in [0.25, 0.3) is 0 Å². The fraction of sp³-hybridized carbons (Fsp3) is 0.133. The average molecular weight is 334 g/mol. The maximum absolute atomic E-state index is 12.6. The van der Waals surface area contributed by atoms with Gasteiger partial charge in [0.15, 0.2) is 0 Å². The molecule has 0 aliphatic heterocycles. The highest BCUT2D eigenvalue weighted by Crippen LogP contribution is 2.27. The summed E-state index contributed by atoms with van der Waals surface area (Å²) < 4.78 is 0.982. The molecule has 96 valence electrons. The first-order valence-corrected chi connectivity index (χ1v) is 7.75. The van der Waals surface area contributed by atoms with E-state index in [9.17, 15) is 4.79 Å². The van der Waals surface area contributed by atoms with Gasteiger partial charge in [0.2, 0.25) is 5.78 Å². The van der Waals surface area contributed by atoms with Crippen molar-refractivity contribution in [3.8, 4) is 0 Å². The number of aromatic nitrogens is 1. The minimum atomic E-state index is 0.108. The molecule has 0 spiro atoms. The zero-order chi connectivity index (χ0) is 13.4. The molecule has 3 aromatic rings. The Morgan fingerprint density at radius 3 is 3.00 bits per heavy atom. The van der Waals surface area contributed by atoms with Crippen LogP contribution in [-0.4, -0.2) is 10.8 Å². The van der Waals surface area contributed by atoms with Crippen LogP contribution in [0.1, 0.15) is 27.7 Å². The predicted molar refractivity (Wildman–Crippen MR) is 83.1 cm³/mol. The molecule has 2 nitrogen and oxygen atoms in total. The zero-order valence-corrected chi connectivity index (χ0v) is 12.8. The van der Waals surface area contributed by atoms with Crippen molar-refractivity contribution in [2.24, 2.45) is 0 Å². The summed E-state index contributed by atoms with van der Waals surface area (Å²) in [6.07, 6.45) is 2.69. The van der Waals surface area contributed by atoms with Crippen LogP contribution >= 0.6 is 27.3 Å². The molecule has 0 aliphatic carbocycles. The Bertz CT molecular complexity index is 756. The highest BCUT2D eigenvalue weighted by Gasteiger charge is 2.18. The molecule has 0 bridgehead atoms. The number of rotatable bonds is 3. The number of ketones is 1. The lowest BCUT2D eigenvalue weighted by Gasteiger charge is -2.00. The van der Waals surface area contributed by atoms with Crippen LogP contribution in [0.25, 0.3) is 10.9 Å². The number of hydrogen-bond acceptors (Lipinski definition) is 2. The van der Waals surface area contributed by atoms with Crippen molar-refractivity contribution in [1.29, 1.82) is 0 Å². The summed E-state index contributed by atoms with van der Waals surface area (Å²) in [6, 6.07) is 7.96. The third-order valence-electron chi connectivity index (χ3n) is 3.22. The number of nitrogens with one attached hydrogen (secondary N) is 1. The predicted octanol–water partition coefficient (Wildman–Crippen LogP) is 4.79. The summed E-state index contributed by atoms with van der Waals surface area (Å²) in [7, 11) is 0. The second-order valence-corrected chi connectivity index (χ2v) is 6.18. The molecular formula is C15H12BrNOS. The van der Waals surface area contributed by atoms with E-state index in [1.165, 1.54) is 11.3 Å². The number of fused-ring (bicyclic) bond motifs is 1. The van der Waals surface area contributed by atoms with Crippen molar-refractivity contribution >= 4 is 44.0 Å². The van der Waals surface area contributed by atoms with Crippen LogP contribution in [0.4, 0.5) is 0 Å². The van der Waals surface area contributed by atoms with E-state index in [1.54, 1.807) is 6.20 Å². The Labute approximate surface area is 123 Å². The Morgan fingerprint density at radius 2 is 2.21 bits per heavy atom. The smallest absolute Gasteiger partial charge is 0.205 e. The molecule has 0 saturated heterocycles. The van der Waals surface area contributed by atoms with Crippen molar-refractivity contribution in [2.75, 3.05) is 0 Å². The van der Waals surface area contributed by atoms with E-state index in [0.29, 0.717) is 0 Å². The van der Waals surface area contributed by atoms with Crippen molar-refractivity contribution in [1.82, 2.24) is 4.98 Å². The SMILES string of the molecule is CCc1ccsc1C(=O)c1c[nH]c2ccc(Br)cc12. The lowest BCUT2D eigenvalue weighted by molar-refractivity contribution is 0.104. The monoisotopic (exact) mass is 333 g/mol. The molecule has 1 aromatic carbocycles. The van der Waals surface area contributed by atoms with Gasteiger partial charge in [-0.3, -0.25) is 4.79 Å². The molecule has 1 N–H and O–H groups in total. The van der Waals surface area contributed by atoms with E-state index < -0.39 is 0 Å². The second kappa shape index (κ2) is 4.94. The maximum Gasteiger partial charge on any atom is 0.205 e. The van der Waals surface area contributed by atoms with Gasteiger partial charge in [-0.25, -0.2) is 0 Å². The van der Waals surface area contributed by atoms with Gasteiger partial charge in [-0.2, -0.15) is 0 Å². The maximum atomic E-state index is 12.6. The first-order chi connectivity index (χ1) is 9.20. The number of H-pyrrole nitrogens is 1. The molecule has 19 heavy (non-hydrogen) atoms. The number of thiophene rings is 1. The molecule has 0 atom stereocenters. The molecule has 0 radical (unpaired) electrons. The molecule has 0 aliphatic rings. The Hall–Kier alpha value is -1.39. The third kappa shape index (κ3) is 2.15. The number of carbonyl (C=O) groups excluding carboxylic acids is 1. The highest BCUT2D eigenvalue weighted by molar-refractivity contribution is 9.10. The Kier molecular flexibility index (Phi) is 3.29. The van der Waals surface area contributed by atoms with Crippen LogP contribution in [-0.2, 0) is 6.42 Å². The van der Waals surface area contributed by atoms with Crippen molar-refractivity contribution in [2.45, 2.75) is 13.3 Å². The zero-order valence-electron chi connectivity index (χ0n) is 10.4. The molecule has 0 saturated carbocycles. The van der Waals surface area contributed by atoms with Gasteiger partial charge in [-0.05, 0) is 41.6 Å². The van der Waals surface area contributed by atoms with Gasteiger partial charge in [-0.1, -0.05) is 22.9 Å². The van der Waals surface area contributed by atoms with E-state index in [4.69, 9.17) is 0 Å². The topological polar surface area (TPSA) is 32.9 Å². The molecule has 0 fully saturated rings. The second-order valence-electron chi connectivity index (χ2n) is 4.35. The van der Waals surface area contributed by atoms with Gasteiger partial charge < -0.3 is 4.98 Å². The highest BCUT2D eigenvalue weighted by atomic mass is 79.9. The van der Waals surface area contributed by atoms with Crippen LogP contribution in [0, 0.1) is 0 Å². The summed E-state index contributed by atoms with van der Waals surface area (Å²) in [5, 5.41) is 2.95. The summed E-state index contributed by atoms with van der Waals surface area (Å²) in [4.78, 5) is 16.7. The van der Waals surface area contributed by atoms with Crippen LogP contribution < -0.4 is 0 Å². The lowest BCUT2D eigenvalue weighted by Crippen LogP contribution is -2.00. The Morgan fingerprint density at radius 1 is 1.37 bits per heavy atom. The quantitative estimate of drug-likeness (QED) is 0.687. The van der Waals surface area contributed by atoms with Crippen molar-refractivity contribution in [3.63, 3.8) is 0 Å². The van der Waals surface area contributed by atoms with E-state index in [-0.39, 0.29) is 5.78 Å². The van der Waals surface area contributed by atoms with Gasteiger partial charge in [-0.15, -0.1) is 11.3 Å². The van der Waals surface area contributed by atoms with Crippen molar-refractivity contribution < 1.29 is 4.79 Å². The number of aromatic amines is 1. The summed E-state index contributed by atoms with van der Waals surface area (Å²) in [5.41, 5.74) is 2.86. The molecule has 2 aromatic heterocycles. The fourth-order valence-corrected chi connectivity index (χ4v) is 3.53. The number of hydrogen-bond donors (Lipinski definition) is 1. The number of halogens is 1. The van der Waals surface area contributed by atoms with Crippen LogP contribution in [0.3, 0.4) is 0 Å². The van der Waals surface area contributed by atoms with Gasteiger partial charge in [0, 0.05) is 27.1 Å². The summed E-state index contributed by atoms with van der Waals surface area (Å²) in [6.45, 7) is 2.07. The van der Waals surface area contributed by atoms with E-state index in [2.05, 4.69) is 27.8 Å². The number of benzene rings is 1. The third-order valence-corrected chi connectivity index (χ3v) is 4.67. The molecule has 0 unspecified atom stereocenters. The molecule has 4 heteroatoms. The van der Waals surface area contributed by atoms with E-state index in [0.717, 1.165) is 37.8 Å². The minimum Gasteiger partial charge on any atom is -0.360 e. The standard InChI is InChI=1S/C15H12BrNOS/c1-2-9-5-6-19-15(9)14(18)12-8-17-13-4-3-10(16)7-11(12)13/h3-8,17H,2H2,1H3. The van der Waals surface area contributed by atoms with E-state index >= 15 is 0 Å². The molecule has 3 rings (SSSR count). The van der Waals surface area contributed by atoms with Crippen LogP contribution in [0.2, 0.25) is 0 Å². The first-order valence-electron chi connectivity index (χ1n) is 6.08. The number of carbonyl (C=O) groups is 1. The van der Waals surface area contributed by atoms with E-state index in [1.807, 2.05) is 29.6 Å². The minimum absolute atomic E-state index is 0.108. The molecule has 2 heterocycles. The van der Waals surface area contributed by atoms with Gasteiger partial charge >= 0.3 is 0 Å². The number of aryl methyl sites for hydroxylation is 1. The first kappa shape index (κ1) is 12.6. The fourth-order valence-electron chi connectivity index (χ4n) is 2.22. The normalized spacial score (nSPS) is 11.1. The summed E-state index contributed by atoms with van der Waals surface area (Å²) >= 11 is 4.97. The van der Waals surface area contributed by atoms with Gasteiger partial charge in [0.05, 0.1) is 4.88 Å². The van der Waals surface area contributed by atoms with Crippen LogP contribution in [0.15, 0.2) is 40.3 Å². The molecule has 0 amide bonds. The lowest BCUT2D eigenvalue weighted by atomic mass is 10.1. The largest absolute Gasteiger partial charge is 0.360 e. The van der Waals surface area contributed by atoms with Crippen molar-refractivity contribution in [3.05, 3.63) is 56.3 Å². The van der Waals surface area contributed by atoms with Gasteiger partial charge in [0.1, 0.15) is 0 Å².